The molecule has 1 aromatic carbocycles. The second-order valence-corrected chi connectivity index (χ2v) is 4.49. The first kappa shape index (κ1) is 15.6. The molecule has 0 aliphatic heterocycles. The van der Waals surface area contributed by atoms with Gasteiger partial charge in [0.15, 0.2) is 0 Å². The molecule has 0 heterocycles. The monoisotopic (exact) mass is 262 g/mol. The summed E-state index contributed by atoms with van der Waals surface area (Å²) >= 11 is 0. The van der Waals surface area contributed by atoms with Crippen LogP contribution in [0.5, 0.6) is 0 Å². The van der Waals surface area contributed by atoms with Crippen LogP contribution < -0.4 is 5.32 Å². The average Bonchev–Trinajstić information content (AvgIpc) is 2.41. The first-order valence-electron chi connectivity index (χ1n) is 6.58. The van der Waals surface area contributed by atoms with Crippen molar-refractivity contribution in [2.24, 2.45) is 0 Å². The molecule has 0 spiro atoms. The minimum Gasteiger partial charge on any atom is -0.313 e. The van der Waals surface area contributed by atoms with Crippen molar-refractivity contribution in [3.05, 3.63) is 61.0 Å². The van der Waals surface area contributed by atoms with E-state index in [1.54, 1.807) is 6.07 Å². The van der Waals surface area contributed by atoms with Crippen molar-refractivity contribution in [2.75, 3.05) is 26.7 Å². The molecule has 0 saturated heterocycles. The molecular formula is C16H23FN2. The Morgan fingerprint density at radius 1 is 1.26 bits per heavy atom. The van der Waals surface area contributed by atoms with Crippen LogP contribution in [0.4, 0.5) is 4.39 Å². The van der Waals surface area contributed by atoms with Gasteiger partial charge < -0.3 is 5.32 Å². The molecule has 0 bridgehead atoms. The summed E-state index contributed by atoms with van der Waals surface area (Å²) in [5, 5.41) is 3.18. The molecule has 2 nitrogen and oxygen atoms in total. The molecular weight excluding hydrogens is 239 g/mol. The van der Waals surface area contributed by atoms with E-state index in [-0.39, 0.29) is 11.9 Å². The van der Waals surface area contributed by atoms with Crippen LogP contribution in [0.3, 0.4) is 0 Å². The first-order chi connectivity index (χ1) is 9.22. The molecule has 1 rings (SSSR count). The summed E-state index contributed by atoms with van der Waals surface area (Å²) in [5.41, 5.74) is 0.724. The van der Waals surface area contributed by atoms with Gasteiger partial charge in [0, 0.05) is 31.2 Å². The fourth-order valence-corrected chi connectivity index (χ4v) is 2.15. The molecule has 0 amide bonds. The summed E-state index contributed by atoms with van der Waals surface area (Å²) in [6, 6.07) is 6.95. The van der Waals surface area contributed by atoms with Gasteiger partial charge in [-0.15, -0.1) is 13.2 Å². The summed E-state index contributed by atoms with van der Waals surface area (Å²) in [6.07, 6.45) is 4.60. The maximum Gasteiger partial charge on any atom is 0.127 e. The second-order valence-electron chi connectivity index (χ2n) is 4.49. The highest BCUT2D eigenvalue weighted by atomic mass is 19.1. The lowest BCUT2D eigenvalue weighted by Crippen LogP contribution is -2.29. The highest BCUT2D eigenvalue weighted by Crippen LogP contribution is 2.19. The Kier molecular flexibility index (Phi) is 7.08. The topological polar surface area (TPSA) is 15.3 Å². The number of rotatable bonds is 9. The third-order valence-electron chi connectivity index (χ3n) is 3.14. The van der Waals surface area contributed by atoms with Crippen molar-refractivity contribution in [3.63, 3.8) is 0 Å². The maximum absolute atomic E-state index is 13.8. The molecule has 0 aliphatic rings. The fraction of sp³-hybridized carbons (Fsp3) is 0.375. The van der Waals surface area contributed by atoms with Gasteiger partial charge in [-0.25, -0.2) is 4.39 Å². The summed E-state index contributed by atoms with van der Waals surface area (Å²) in [7, 11) is 1.86. The molecule has 19 heavy (non-hydrogen) atoms. The lowest BCUT2D eigenvalue weighted by Gasteiger charge is -2.23. The van der Waals surface area contributed by atoms with Crippen LogP contribution in [-0.4, -0.2) is 31.6 Å². The van der Waals surface area contributed by atoms with Crippen LogP contribution in [0.2, 0.25) is 0 Å². The summed E-state index contributed by atoms with van der Waals surface area (Å²) in [6.45, 7) is 10.0. The number of halogens is 1. The fourth-order valence-electron chi connectivity index (χ4n) is 2.15. The van der Waals surface area contributed by atoms with Gasteiger partial charge in [-0.2, -0.15) is 0 Å². The van der Waals surface area contributed by atoms with Crippen molar-refractivity contribution < 1.29 is 4.39 Å². The third-order valence-corrected chi connectivity index (χ3v) is 3.14. The molecule has 0 fully saturated rings. The van der Waals surface area contributed by atoms with Gasteiger partial charge in [0.2, 0.25) is 0 Å². The predicted octanol–water partition coefficient (Wildman–Crippen LogP) is 3.15. The minimum absolute atomic E-state index is 0.0262. The SMILES string of the molecule is C=CCN(CC=C)CCC(NC)c1ccccc1F. The lowest BCUT2D eigenvalue weighted by molar-refractivity contribution is 0.309. The summed E-state index contributed by atoms with van der Waals surface area (Å²) < 4.78 is 13.8. The standard InChI is InChI=1S/C16H23FN2/c1-4-11-19(12-5-2)13-10-16(18-3)14-8-6-7-9-15(14)17/h4-9,16,18H,1-2,10-13H2,3H3. The number of benzene rings is 1. The van der Waals surface area contributed by atoms with E-state index in [1.807, 2.05) is 31.3 Å². The Hall–Kier alpha value is -1.45. The van der Waals surface area contributed by atoms with E-state index in [0.29, 0.717) is 0 Å². The molecule has 1 N–H and O–H groups in total. The molecule has 1 unspecified atom stereocenters. The molecule has 1 aromatic rings. The van der Waals surface area contributed by atoms with E-state index < -0.39 is 0 Å². The third kappa shape index (κ3) is 4.97. The van der Waals surface area contributed by atoms with Crippen LogP contribution in [0, 0.1) is 5.82 Å². The van der Waals surface area contributed by atoms with E-state index in [4.69, 9.17) is 0 Å². The molecule has 0 aromatic heterocycles. The van der Waals surface area contributed by atoms with Gasteiger partial charge in [-0.3, -0.25) is 4.90 Å². The van der Waals surface area contributed by atoms with E-state index in [9.17, 15) is 4.39 Å². The van der Waals surface area contributed by atoms with Gasteiger partial charge in [0.05, 0.1) is 0 Å². The molecule has 104 valence electrons. The lowest BCUT2D eigenvalue weighted by atomic mass is 10.0. The van der Waals surface area contributed by atoms with Crippen molar-refractivity contribution in [1.29, 1.82) is 0 Å². The quantitative estimate of drug-likeness (QED) is 0.688. The van der Waals surface area contributed by atoms with E-state index in [0.717, 1.165) is 31.6 Å². The minimum atomic E-state index is -0.152. The smallest absolute Gasteiger partial charge is 0.127 e. The van der Waals surface area contributed by atoms with Gasteiger partial charge in [-0.05, 0) is 19.5 Å². The number of nitrogens with zero attached hydrogens (tertiary/aromatic N) is 1. The van der Waals surface area contributed by atoms with Crippen LogP contribution in [0.25, 0.3) is 0 Å². The van der Waals surface area contributed by atoms with E-state index in [1.165, 1.54) is 6.07 Å². The van der Waals surface area contributed by atoms with Gasteiger partial charge in [0.1, 0.15) is 5.82 Å². The highest BCUT2D eigenvalue weighted by molar-refractivity contribution is 5.21. The zero-order valence-electron chi connectivity index (χ0n) is 11.6. The summed E-state index contributed by atoms with van der Waals surface area (Å²) in [4.78, 5) is 2.23. The molecule has 0 radical (unpaired) electrons. The van der Waals surface area contributed by atoms with Crippen molar-refractivity contribution in [1.82, 2.24) is 10.2 Å². The number of hydrogen-bond acceptors (Lipinski definition) is 2. The van der Waals surface area contributed by atoms with Gasteiger partial charge in [0.25, 0.3) is 0 Å². The molecule has 3 heteroatoms. The Morgan fingerprint density at radius 3 is 2.42 bits per heavy atom. The molecule has 0 aliphatic carbocycles. The summed E-state index contributed by atoms with van der Waals surface area (Å²) in [5.74, 6) is -0.152. The highest BCUT2D eigenvalue weighted by Gasteiger charge is 2.14. The second kappa shape index (κ2) is 8.62. The first-order valence-corrected chi connectivity index (χ1v) is 6.58. The Balaban J connectivity index is 2.64. The number of hydrogen-bond donors (Lipinski definition) is 1. The molecule has 0 saturated carbocycles. The zero-order chi connectivity index (χ0) is 14.1. The Bertz CT molecular complexity index is 393. The van der Waals surface area contributed by atoms with Crippen LogP contribution in [-0.2, 0) is 0 Å². The zero-order valence-corrected chi connectivity index (χ0v) is 11.6. The predicted molar refractivity (Wildman–Crippen MR) is 79.7 cm³/mol. The van der Waals surface area contributed by atoms with Crippen molar-refractivity contribution in [2.45, 2.75) is 12.5 Å². The van der Waals surface area contributed by atoms with Crippen molar-refractivity contribution in [3.8, 4) is 0 Å². The largest absolute Gasteiger partial charge is 0.313 e. The Morgan fingerprint density at radius 2 is 1.89 bits per heavy atom. The van der Waals surface area contributed by atoms with E-state index in [2.05, 4.69) is 23.4 Å². The van der Waals surface area contributed by atoms with Crippen molar-refractivity contribution >= 4 is 0 Å². The normalized spacial score (nSPS) is 12.4. The molecule has 1 atom stereocenters. The maximum atomic E-state index is 13.8. The number of nitrogens with one attached hydrogen (secondary N) is 1. The Labute approximate surface area is 115 Å². The van der Waals surface area contributed by atoms with Crippen LogP contribution in [0.1, 0.15) is 18.0 Å². The van der Waals surface area contributed by atoms with Crippen LogP contribution >= 0.6 is 0 Å². The van der Waals surface area contributed by atoms with Crippen LogP contribution in [0.15, 0.2) is 49.6 Å². The average molecular weight is 262 g/mol. The van der Waals surface area contributed by atoms with Gasteiger partial charge in [-0.1, -0.05) is 30.4 Å². The van der Waals surface area contributed by atoms with E-state index >= 15 is 0 Å². The van der Waals surface area contributed by atoms with Gasteiger partial charge >= 0.3 is 0 Å².